The van der Waals surface area contributed by atoms with Crippen LogP contribution in [0.5, 0.6) is 0 Å². The molecular weight excluding hydrogens is 290 g/mol. The predicted molar refractivity (Wildman–Crippen MR) is 71.2 cm³/mol. The highest BCUT2D eigenvalue weighted by Crippen LogP contribution is 2.14. The molecule has 0 saturated carbocycles. The molecule has 0 amide bonds. The molecule has 19 heavy (non-hydrogen) atoms. The summed E-state index contributed by atoms with van der Waals surface area (Å²) in [7, 11) is -5.50. The first-order valence-corrected chi connectivity index (χ1v) is 8.87. The quantitative estimate of drug-likeness (QED) is 0.822. The largest absolute Gasteiger partial charge is 0.380 e. The standard InChI is InChI=1S/C11H17NO5S2/c1-9(17-2)8-12-19(15,16)11-6-4-10(5-7-11)18(3,13)14/h4-7,9,12H,8H2,1-3H3. The first kappa shape index (κ1) is 16.1. The zero-order valence-corrected chi connectivity index (χ0v) is 12.6. The zero-order valence-electron chi connectivity index (χ0n) is 11.0. The van der Waals surface area contributed by atoms with Gasteiger partial charge < -0.3 is 4.74 Å². The van der Waals surface area contributed by atoms with E-state index in [2.05, 4.69) is 4.72 Å². The lowest BCUT2D eigenvalue weighted by atomic mass is 10.4. The number of hydrogen-bond acceptors (Lipinski definition) is 5. The lowest BCUT2D eigenvalue weighted by Gasteiger charge is -2.11. The molecule has 0 aromatic heterocycles. The monoisotopic (exact) mass is 307 g/mol. The maximum absolute atomic E-state index is 11.9. The molecule has 0 heterocycles. The van der Waals surface area contributed by atoms with Gasteiger partial charge in [-0.3, -0.25) is 0 Å². The van der Waals surface area contributed by atoms with Gasteiger partial charge in [-0.15, -0.1) is 0 Å². The fraction of sp³-hybridized carbons (Fsp3) is 0.455. The highest BCUT2D eigenvalue weighted by molar-refractivity contribution is 7.90. The Bertz CT molecular complexity index is 620. The van der Waals surface area contributed by atoms with Gasteiger partial charge in [0.1, 0.15) is 0 Å². The van der Waals surface area contributed by atoms with Crippen LogP contribution in [-0.2, 0) is 24.6 Å². The third-order valence-electron chi connectivity index (χ3n) is 2.53. The molecule has 1 N–H and O–H groups in total. The van der Waals surface area contributed by atoms with Gasteiger partial charge in [-0.1, -0.05) is 0 Å². The number of sulfonamides is 1. The molecule has 1 unspecified atom stereocenters. The second-order valence-electron chi connectivity index (χ2n) is 4.14. The van der Waals surface area contributed by atoms with Gasteiger partial charge in [-0.25, -0.2) is 21.6 Å². The van der Waals surface area contributed by atoms with Crippen LogP contribution < -0.4 is 4.72 Å². The average Bonchev–Trinajstić information content (AvgIpc) is 2.35. The van der Waals surface area contributed by atoms with Crippen molar-refractivity contribution in [1.82, 2.24) is 4.72 Å². The Morgan fingerprint density at radius 1 is 1.11 bits per heavy atom. The summed E-state index contributed by atoms with van der Waals surface area (Å²) in [4.78, 5) is 0.0971. The van der Waals surface area contributed by atoms with E-state index in [-0.39, 0.29) is 22.4 Å². The molecule has 0 fully saturated rings. The molecule has 6 nitrogen and oxygen atoms in total. The lowest BCUT2D eigenvalue weighted by molar-refractivity contribution is 0.122. The molecule has 1 rings (SSSR count). The van der Waals surface area contributed by atoms with Crippen molar-refractivity contribution in [2.24, 2.45) is 0 Å². The Labute approximate surface area is 113 Å². The molecule has 8 heteroatoms. The summed E-state index contributed by atoms with van der Waals surface area (Å²) in [6.07, 6.45) is 0.819. The van der Waals surface area contributed by atoms with E-state index >= 15 is 0 Å². The van der Waals surface area contributed by atoms with Crippen LogP contribution in [0, 0.1) is 0 Å². The minimum Gasteiger partial charge on any atom is -0.380 e. The smallest absolute Gasteiger partial charge is 0.240 e. The number of hydrogen-bond donors (Lipinski definition) is 1. The zero-order chi connectivity index (χ0) is 14.7. The summed E-state index contributed by atoms with van der Waals surface area (Å²) in [5.41, 5.74) is 0. The van der Waals surface area contributed by atoms with Gasteiger partial charge in [0.15, 0.2) is 9.84 Å². The van der Waals surface area contributed by atoms with Crippen LogP contribution in [-0.4, -0.2) is 42.8 Å². The van der Waals surface area contributed by atoms with E-state index in [1.54, 1.807) is 6.92 Å². The van der Waals surface area contributed by atoms with Crippen LogP contribution in [0.15, 0.2) is 34.1 Å². The van der Waals surface area contributed by atoms with E-state index in [0.717, 1.165) is 6.26 Å². The van der Waals surface area contributed by atoms with Gasteiger partial charge in [0, 0.05) is 19.9 Å². The maximum atomic E-state index is 11.9. The lowest BCUT2D eigenvalue weighted by Crippen LogP contribution is -2.31. The number of benzene rings is 1. The van der Waals surface area contributed by atoms with Gasteiger partial charge in [0.25, 0.3) is 0 Å². The highest BCUT2D eigenvalue weighted by Gasteiger charge is 2.16. The van der Waals surface area contributed by atoms with Crippen molar-refractivity contribution in [3.63, 3.8) is 0 Å². The summed E-state index contributed by atoms with van der Waals surface area (Å²) in [5, 5.41) is 0. The first-order chi connectivity index (χ1) is 8.66. The molecular formula is C11H17NO5S2. The van der Waals surface area contributed by atoms with Crippen molar-refractivity contribution >= 4 is 19.9 Å². The van der Waals surface area contributed by atoms with Crippen LogP contribution in [0.1, 0.15) is 6.92 Å². The van der Waals surface area contributed by atoms with Crippen molar-refractivity contribution in [3.8, 4) is 0 Å². The van der Waals surface area contributed by atoms with E-state index in [4.69, 9.17) is 4.74 Å². The first-order valence-electron chi connectivity index (χ1n) is 5.49. The summed E-state index contributed by atoms with van der Waals surface area (Å²) in [6.45, 7) is 1.88. The molecule has 0 saturated heterocycles. The van der Waals surface area contributed by atoms with E-state index < -0.39 is 19.9 Å². The fourth-order valence-electron chi connectivity index (χ4n) is 1.26. The van der Waals surface area contributed by atoms with Crippen molar-refractivity contribution in [2.75, 3.05) is 19.9 Å². The third-order valence-corrected chi connectivity index (χ3v) is 5.09. The molecule has 1 aromatic carbocycles. The summed E-state index contributed by atoms with van der Waals surface area (Å²) in [6, 6.07) is 5.06. The second kappa shape index (κ2) is 6.00. The van der Waals surface area contributed by atoms with Crippen molar-refractivity contribution in [1.29, 1.82) is 0 Å². The summed E-state index contributed by atoms with van der Waals surface area (Å²) < 4.78 is 53.6. The van der Waals surface area contributed by atoms with Gasteiger partial charge >= 0.3 is 0 Å². The SMILES string of the molecule is COC(C)CNS(=O)(=O)c1ccc(S(C)(=O)=O)cc1. The van der Waals surface area contributed by atoms with Gasteiger partial charge in [-0.2, -0.15) is 0 Å². The fourth-order valence-corrected chi connectivity index (χ4v) is 3.01. The van der Waals surface area contributed by atoms with Crippen LogP contribution >= 0.6 is 0 Å². The maximum Gasteiger partial charge on any atom is 0.240 e. The minimum absolute atomic E-state index is 0.0169. The predicted octanol–water partition coefficient (Wildman–Crippen LogP) is 0.403. The molecule has 0 radical (unpaired) electrons. The Morgan fingerprint density at radius 2 is 1.58 bits per heavy atom. The third kappa shape index (κ3) is 4.57. The van der Waals surface area contributed by atoms with Crippen LogP contribution in [0.2, 0.25) is 0 Å². The molecule has 1 aromatic rings. The van der Waals surface area contributed by atoms with Crippen molar-refractivity contribution < 1.29 is 21.6 Å². The van der Waals surface area contributed by atoms with Crippen molar-refractivity contribution in [3.05, 3.63) is 24.3 Å². The van der Waals surface area contributed by atoms with Crippen LogP contribution in [0.3, 0.4) is 0 Å². The van der Waals surface area contributed by atoms with E-state index in [1.807, 2.05) is 0 Å². The van der Waals surface area contributed by atoms with E-state index in [0.29, 0.717) is 0 Å². The average molecular weight is 307 g/mol. The molecule has 0 aliphatic heterocycles. The van der Waals surface area contributed by atoms with Gasteiger partial charge in [0.05, 0.1) is 15.9 Å². The minimum atomic E-state index is -3.65. The van der Waals surface area contributed by atoms with Crippen LogP contribution in [0.25, 0.3) is 0 Å². The highest BCUT2D eigenvalue weighted by atomic mass is 32.2. The van der Waals surface area contributed by atoms with Gasteiger partial charge in [-0.05, 0) is 31.2 Å². The number of rotatable bonds is 6. The summed E-state index contributed by atoms with van der Waals surface area (Å²) >= 11 is 0. The van der Waals surface area contributed by atoms with Crippen molar-refractivity contribution in [2.45, 2.75) is 22.8 Å². The number of ether oxygens (including phenoxy) is 1. The van der Waals surface area contributed by atoms with E-state index in [1.165, 1.54) is 31.4 Å². The van der Waals surface area contributed by atoms with E-state index in [9.17, 15) is 16.8 Å². The second-order valence-corrected chi connectivity index (χ2v) is 7.92. The molecule has 0 aliphatic rings. The number of nitrogens with one attached hydrogen (secondary N) is 1. The Balaban J connectivity index is 2.91. The molecule has 0 bridgehead atoms. The Morgan fingerprint density at radius 3 is 2.00 bits per heavy atom. The molecule has 0 spiro atoms. The molecule has 108 valence electrons. The Hall–Kier alpha value is -0.960. The van der Waals surface area contributed by atoms with Gasteiger partial charge in [0.2, 0.25) is 10.0 Å². The summed E-state index contributed by atoms with van der Waals surface area (Å²) in [5.74, 6) is 0. The normalized spacial score (nSPS) is 14.3. The topological polar surface area (TPSA) is 89.5 Å². The number of sulfone groups is 1. The Kier molecular flexibility index (Phi) is 5.08. The van der Waals surface area contributed by atoms with Crippen LogP contribution in [0.4, 0.5) is 0 Å². The number of methoxy groups -OCH3 is 1. The molecule has 0 aliphatic carbocycles. The molecule has 1 atom stereocenters.